The van der Waals surface area contributed by atoms with Gasteiger partial charge in [-0.25, -0.2) is 0 Å². The lowest BCUT2D eigenvalue weighted by molar-refractivity contribution is 0.0911. The maximum absolute atomic E-state index is 11.8. The lowest BCUT2D eigenvalue weighted by Crippen LogP contribution is -2.36. The highest BCUT2D eigenvalue weighted by Gasteiger charge is 2.19. The highest BCUT2D eigenvalue weighted by Crippen LogP contribution is 2.21. The molecule has 17 heavy (non-hydrogen) atoms. The van der Waals surface area contributed by atoms with Gasteiger partial charge in [0.2, 0.25) is 0 Å². The summed E-state index contributed by atoms with van der Waals surface area (Å²) < 4.78 is 0. The number of phenolic OH excluding ortho intramolecular Hbond substituents is 1. The van der Waals surface area contributed by atoms with Gasteiger partial charge in [0.1, 0.15) is 5.75 Å². The van der Waals surface area contributed by atoms with E-state index in [1.54, 1.807) is 0 Å². The Hall–Kier alpha value is -1.26. The second-order valence-corrected chi connectivity index (χ2v) is 5.08. The minimum atomic E-state index is -0.390. The topological polar surface area (TPSA) is 69.6 Å². The summed E-state index contributed by atoms with van der Waals surface area (Å²) >= 11 is 5.85. The Morgan fingerprint density at radius 3 is 2.71 bits per heavy atom. The molecule has 0 saturated heterocycles. The summed E-state index contributed by atoms with van der Waals surface area (Å²) in [6, 6.07) is 4.18. The molecule has 0 aliphatic rings. The zero-order valence-electron chi connectivity index (χ0n) is 9.83. The fraction of sp³-hybridized carbons (Fsp3) is 0.417. The smallest absolute Gasteiger partial charge is 0.252 e. The van der Waals surface area contributed by atoms with E-state index >= 15 is 0 Å². The summed E-state index contributed by atoms with van der Waals surface area (Å²) in [7, 11) is 0. The van der Waals surface area contributed by atoms with Crippen molar-refractivity contribution in [2.75, 3.05) is 13.2 Å². The summed E-state index contributed by atoms with van der Waals surface area (Å²) in [6.45, 7) is 3.96. The first-order chi connectivity index (χ1) is 7.85. The number of amides is 1. The second-order valence-electron chi connectivity index (χ2n) is 4.67. The van der Waals surface area contributed by atoms with E-state index < -0.39 is 0 Å². The maximum atomic E-state index is 11.8. The third-order valence-electron chi connectivity index (χ3n) is 2.35. The molecule has 0 heterocycles. The number of carbonyl (C=O) groups is 1. The van der Waals surface area contributed by atoms with Crippen molar-refractivity contribution < 1.29 is 15.0 Å². The molecule has 0 radical (unpaired) electrons. The van der Waals surface area contributed by atoms with Crippen LogP contribution < -0.4 is 5.32 Å². The van der Waals surface area contributed by atoms with Gasteiger partial charge in [-0.1, -0.05) is 25.4 Å². The van der Waals surface area contributed by atoms with Crippen molar-refractivity contribution in [2.45, 2.75) is 13.8 Å². The van der Waals surface area contributed by atoms with Crippen LogP contribution in [0.15, 0.2) is 18.2 Å². The SMILES string of the molecule is CC(C)(CO)CNC(=O)c1cc(O)ccc1Cl. The molecule has 1 aromatic carbocycles. The number of carbonyl (C=O) groups excluding carboxylic acids is 1. The van der Waals surface area contributed by atoms with Gasteiger partial charge in [0, 0.05) is 18.6 Å². The van der Waals surface area contributed by atoms with E-state index in [9.17, 15) is 9.90 Å². The molecule has 0 fully saturated rings. The van der Waals surface area contributed by atoms with Gasteiger partial charge in [-0.2, -0.15) is 0 Å². The molecule has 94 valence electrons. The highest BCUT2D eigenvalue weighted by atomic mass is 35.5. The molecule has 1 amide bonds. The summed E-state index contributed by atoms with van der Waals surface area (Å²) in [5, 5.41) is 21.3. The van der Waals surface area contributed by atoms with Crippen molar-refractivity contribution in [3.8, 4) is 5.75 Å². The average Bonchev–Trinajstić information content (AvgIpc) is 2.29. The molecular formula is C12H16ClNO3. The van der Waals surface area contributed by atoms with E-state index in [0.717, 1.165) is 0 Å². The van der Waals surface area contributed by atoms with Crippen LogP contribution in [0.1, 0.15) is 24.2 Å². The van der Waals surface area contributed by atoms with Crippen molar-refractivity contribution in [3.63, 3.8) is 0 Å². The van der Waals surface area contributed by atoms with E-state index in [1.807, 2.05) is 13.8 Å². The number of hydrogen-bond acceptors (Lipinski definition) is 3. The van der Waals surface area contributed by atoms with Crippen LogP contribution in [-0.2, 0) is 0 Å². The first-order valence-electron chi connectivity index (χ1n) is 5.23. The molecule has 0 aliphatic heterocycles. The summed E-state index contributed by atoms with van der Waals surface area (Å²) in [5.41, 5.74) is -0.167. The van der Waals surface area contributed by atoms with Crippen LogP contribution in [0.25, 0.3) is 0 Å². The number of hydrogen-bond donors (Lipinski definition) is 3. The number of phenols is 1. The van der Waals surface area contributed by atoms with Crippen molar-refractivity contribution in [3.05, 3.63) is 28.8 Å². The Kier molecular flexibility index (Phi) is 4.37. The molecule has 1 rings (SSSR count). The third kappa shape index (κ3) is 3.91. The zero-order valence-corrected chi connectivity index (χ0v) is 10.6. The molecule has 1 aromatic rings. The van der Waals surface area contributed by atoms with Crippen molar-refractivity contribution in [1.82, 2.24) is 5.32 Å². The number of rotatable bonds is 4. The first kappa shape index (κ1) is 13.8. The molecule has 0 bridgehead atoms. The molecule has 0 aromatic heterocycles. The number of nitrogens with one attached hydrogen (secondary N) is 1. The number of aliphatic hydroxyl groups excluding tert-OH is 1. The molecule has 4 nitrogen and oxygen atoms in total. The van der Waals surface area contributed by atoms with E-state index in [1.165, 1.54) is 18.2 Å². The van der Waals surface area contributed by atoms with Gasteiger partial charge in [0.15, 0.2) is 0 Å². The van der Waals surface area contributed by atoms with E-state index in [4.69, 9.17) is 16.7 Å². The molecule has 0 unspecified atom stereocenters. The van der Waals surface area contributed by atoms with Crippen molar-refractivity contribution in [1.29, 1.82) is 0 Å². The van der Waals surface area contributed by atoms with Crippen LogP contribution in [0, 0.1) is 5.41 Å². The molecule has 0 spiro atoms. The molecule has 5 heteroatoms. The Labute approximate surface area is 105 Å². The van der Waals surface area contributed by atoms with Crippen LogP contribution in [0.5, 0.6) is 5.75 Å². The number of aliphatic hydroxyl groups is 1. The van der Waals surface area contributed by atoms with E-state index in [-0.39, 0.29) is 34.3 Å². The number of benzene rings is 1. The van der Waals surface area contributed by atoms with Crippen LogP contribution >= 0.6 is 11.6 Å². The Balaban J connectivity index is 2.74. The van der Waals surface area contributed by atoms with Gasteiger partial charge in [0.25, 0.3) is 5.91 Å². The molecule has 0 aliphatic carbocycles. The van der Waals surface area contributed by atoms with Gasteiger partial charge in [0.05, 0.1) is 10.6 Å². The van der Waals surface area contributed by atoms with Crippen LogP contribution in [-0.4, -0.2) is 29.3 Å². The summed E-state index contributed by atoms with van der Waals surface area (Å²) in [4.78, 5) is 11.8. The van der Waals surface area contributed by atoms with E-state index in [2.05, 4.69) is 5.32 Å². The van der Waals surface area contributed by atoms with Gasteiger partial charge in [-0.3, -0.25) is 4.79 Å². The van der Waals surface area contributed by atoms with Crippen LogP contribution in [0.2, 0.25) is 5.02 Å². The zero-order chi connectivity index (χ0) is 13.1. The highest BCUT2D eigenvalue weighted by molar-refractivity contribution is 6.33. The molecule has 0 atom stereocenters. The largest absolute Gasteiger partial charge is 0.508 e. The van der Waals surface area contributed by atoms with Crippen molar-refractivity contribution in [2.24, 2.45) is 5.41 Å². The minimum absolute atomic E-state index is 0.0130. The van der Waals surface area contributed by atoms with Crippen LogP contribution in [0.4, 0.5) is 0 Å². The minimum Gasteiger partial charge on any atom is -0.508 e. The average molecular weight is 258 g/mol. The first-order valence-corrected chi connectivity index (χ1v) is 5.61. The van der Waals surface area contributed by atoms with Crippen LogP contribution in [0.3, 0.4) is 0 Å². The van der Waals surface area contributed by atoms with Gasteiger partial charge >= 0.3 is 0 Å². The summed E-state index contributed by atoms with van der Waals surface area (Å²) in [5.74, 6) is -0.381. The number of halogens is 1. The molecular weight excluding hydrogens is 242 g/mol. The lowest BCUT2D eigenvalue weighted by atomic mass is 9.95. The predicted octanol–water partition coefficient (Wildman–Crippen LogP) is 1.79. The Morgan fingerprint density at radius 2 is 2.12 bits per heavy atom. The van der Waals surface area contributed by atoms with Gasteiger partial charge < -0.3 is 15.5 Å². The monoisotopic (exact) mass is 257 g/mol. The van der Waals surface area contributed by atoms with E-state index in [0.29, 0.717) is 6.54 Å². The quantitative estimate of drug-likeness (QED) is 0.770. The van der Waals surface area contributed by atoms with Crippen molar-refractivity contribution >= 4 is 17.5 Å². The number of aromatic hydroxyl groups is 1. The normalized spacial score (nSPS) is 11.3. The second kappa shape index (κ2) is 5.38. The third-order valence-corrected chi connectivity index (χ3v) is 2.68. The van der Waals surface area contributed by atoms with Gasteiger partial charge in [-0.15, -0.1) is 0 Å². The standard InChI is InChI=1S/C12H16ClNO3/c1-12(2,7-15)6-14-11(17)9-5-8(16)3-4-10(9)13/h3-5,15-16H,6-7H2,1-2H3,(H,14,17). The fourth-order valence-electron chi connectivity index (χ4n) is 1.16. The maximum Gasteiger partial charge on any atom is 0.252 e. The summed E-state index contributed by atoms with van der Waals surface area (Å²) in [6.07, 6.45) is 0. The van der Waals surface area contributed by atoms with Gasteiger partial charge in [-0.05, 0) is 18.2 Å². The molecule has 3 N–H and O–H groups in total. The predicted molar refractivity (Wildman–Crippen MR) is 66.3 cm³/mol. The lowest BCUT2D eigenvalue weighted by Gasteiger charge is -2.21. The molecule has 0 saturated carbocycles. The fourth-order valence-corrected chi connectivity index (χ4v) is 1.36. The Morgan fingerprint density at radius 1 is 1.47 bits per heavy atom. The Bertz CT molecular complexity index is 418.